The quantitative estimate of drug-likeness (QED) is 0.730. The van der Waals surface area contributed by atoms with Crippen molar-refractivity contribution in [2.45, 2.75) is 25.7 Å². The van der Waals surface area contributed by atoms with E-state index in [2.05, 4.69) is 9.71 Å². The third kappa shape index (κ3) is 3.57. The number of methoxy groups -OCH3 is 1. The Kier molecular flexibility index (Phi) is 4.73. The van der Waals surface area contributed by atoms with Crippen molar-refractivity contribution < 1.29 is 17.6 Å². The molecule has 1 N–H and O–H groups in total. The van der Waals surface area contributed by atoms with Crippen LogP contribution in [0.4, 0.5) is 5.69 Å². The van der Waals surface area contributed by atoms with Gasteiger partial charge in [0.1, 0.15) is 17.2 Å². The number of hydrogen-bond donors (Lipinski definition) is 1. The zero-order chi connectivity index (χ0) is 18.9. The van der Waals surface area contributed by atoms with Gasteiger partial charge >= 0.3 is 0 Å². The first-order valence-corrected chi connectivity index (χ1v) is 9.50. The maximum atomic E-state index is 12.7. The van der Waals surface area contributed by atoms with E-state index in [0.717, 1.165) is 11.1 Å². The molecule has 1 heterocycles. The lowest BCUT2D eigenvalue weighted by Crippen LogP contribution is -2.13. The summed E-state index contributed by atoms with van der Waals surface area (Å²) in [5.41, 5.74) is 2.83. The molecule has 0 aliphatic carbocycles. The van der Waals surface area contributed by atoms with Gasteiger partial charge in [-0.05, 0) is 43.7 Å². The molecule has 7 heteroatoms. The summed E-state index contributed by atoms with van der Waals surface area (Å²) < 4.78 is 38.6. The first kappa shape index (κ1) is 18.0. The molecule has 3 aromatic rings. The summed E-state index contributed by atoms with van der Waals surface area (Å²) in [6.07, 6.45) is 0. The molecule has 0 aliphatic rings. The number of oxazole rings is 1. The van der Waals surface area contributed by atoms with E-state index in [1.807, 2.05) is 19.9 Å². The van der Waals surface area contributed by atoms with Crippen molar-refractivity contribution in [2.75, 3.05) is 11.8 Å². The number of aryl methyl sites for hydroxylation is 3. The number of aromatic nitrogens is 1. The van der Waals surface area contributed by atoms with Crippen LogP contribution >= 0.6 is 0 Å². The van der Waals surface area contributed by atoms with Crippen molar-refractivity contribution in [3.05, 3.63) is 59.7 Å². The first-order valence-electron chi connectivity index (χ1n) is 8.02. The lowest BCUT2D eigenvalue weighted by molar-refractivity contribution is 0.417. The van der Waals surface area contributed by atoms with Crippen LogP contribution in [0.15, 0.2) is 51.8 Å². The molecule has 0 saturated carbocycles. The number of rotatable bonds is 5. The molecule has 6 nitrogen and oxygen atoms in total. The highest BCUT2D eigenvalue weighted by atomic mass is 32.2. The van der Waals surface area contributed by atoms with E-state index in [0.29, 0.717) is 28.8 Å². The van der Waals surface area contributed by atoms with Crippen molar-refractivity contribution >= 4 is 15.7 Å². The van der Waals surface area contributed by atoms with Gasteiger partial charge in [0.2, 0.25) is 0 Å². The van der Waals surface area contributed by atoms with Crippen LogP contribution in [0.25, 0.3) is 11.3 Å². The predicted molar refractivity (Wildman–Crippen MR) is 100.0 cm³/mol. The molecule has 0 bridgehead atoms. The molecule has 0 fully saturated rings. The van der Waals surface area contributed by atoms with Crippen LogP contribution in [0.5, 0.6) is 5.75 Å². The van der Waals surface area contributed by atoms with Crippen LogP contribution < -0.4 is 9.46 Å². The monoisotopic (exact) mass is 372 g/mol. The van der Waals surface area contributed by atoms with Crippen molar-refractivity contribution in [1.29, 1.82) is 0 Å². The van der Waals surface area contributed by atoms with Crippen LogP contribution in [-0.2, 0) is 10.0 Å². The summed E-state index contributed by atoms with van der Waals surface area (Å²) in [6, 6.07) is 11.8. The predicted octanol–water partition coefficient (Wildman–Crippen LogP) is 4.08. The van der Waals surface area contributed by atoms with E-state index in [1.165, 1.54) is 7.11 Å². The number of nitrogens with zero attached hydrogens (tertiary/aromatic N) is 1. The van der Waals surface area contributed by atoms with Gasteiger partial charge in [-0.1, -0.05) is 18.2 Å². The molecule has 26 heavy (non-hydrogen) atoms. The lowest BCUT2D eigenvalue weighted by atomic mass is 10.1. The van der Waals surface area contributed by atoms with Gasteiger partial charge in [0, 0.05) is 12.5 Å². The van der Waals surface area contributed by atoms with E-state index in [-0.39, 0.29) is 4.90 Å². The van der Waals surface area contributed by atoms with Crippen molar-refractivity contribution in [3.8, 4) is 17.0 Å². The van der Waals surface area contributed by atoms with Crippen molar-refractivity contribution in [1.82, 2.24) is 4.98 Å². The summed E-state index contributed by atoms with van der Waals surface area (Å²) in [4.78, 5) is 4.48. The maximum absolute atomic E-state index is 12.7. The lowest BCUT2D eigenvalue weighted by Gasteiger charge is -2.13. The molecule has 2 aromatic carbocycles. The molecular formula is C19H20N2O4S. The van der Waals surface area contributed by atoms with Crippen LogP contribution in [-0.4, -0.2) is 20.5 Å². The summed E-state index contributed by atoms with van der Waals surface area (Å²) in [7, 11) is -2.24. The fraction of sp³-hybridized carbons (Fsp3) is 0.211. The highest BCUT2D eigenvalue weighted by Crippen LogP contribution is 2.29. The molecule has 0 saturated heterocycles. The second-order valence-corrected chi connectivity index (χ2v) is 7.65. The molecule has 1 aromatic heterocycles. The zero-order valence-corrected chi connectivity index (χ0v) is 15.8. The Morgan fingerprint density at radius 1 is 1.04 bits per heavy atom. The minimum atomic E-state index is -3.74. The molecule has 0 radical (unpaired) electrons. The van der Waals surface area contributed by atoms with Crippen LogP contribution in [0.3, 0.4) is 0 Å². The summed E-state index contributed by atoms with van der Waals surface area (Å²) in [5, 5.41) is 0. The van der Waals surface area contributed by atoms with Crippen LogP contribution in [0, 0.1) is 20.8 Å². The molecular weight excluding hydrogens is 352 g/mol. The van der Waals surface area contributed by atoms with Gasteiger partial charge in [-0.3, -0.25) is 4.72 Å². The summed E-state index contributed by atoms with van der Waals surface area (Å²) in [6.45, 7) is 5.48. The topological polar surface area (TPSA) is 81.4 Å². The first-order chi connectivity index (χ1) is 12.3. The standard InChI is InChI=1S/C19H20N2O4S/c1-12-5-10-18(24-4)17(11-12)21-26(22,23)16-8-6-15(7-9-16)19-13(2)25-14(3)20-19/h5-11,21H,1-4H3. The molecule has 0 atom stereocenters. The van der Waals surface area contributed by atoms with E-state index < -0.39 is 10.0 Å². The highest BCUT2D eigenvalue weighted by molar-refractivity contribution is 7.92. The Hall–Kier alpha value is -2.80. The number of hydrogen-bond acceptors (Lipinski definition) is 5. The molecule has 0 unspecified atom stereocenters. The van der Waals surface area contributed by atoms with Gasteiger partial charge in [0.15, 0.2) is 5.89 Å². The van der Waals surface area contributed by atoms with Crippen molar-refractivity contribution in [2.24, 2.45) is 0 Å². The summed E-state index contributed by atoms with van der Waals surface area (Å²) in [5.74, 6) is 1.73. The molecule has 0 amide bonds. The molecule has 136 valence electrons. The minimum absolute atomic E-state index is 0.155. The summed E-state index contributed by atoms with van der Waals surface area (Å²) >= 11 is 0. The number of nitrogens with one attached hydrogen (secondary N) is 1. The normalized spacial score (nSPS) is 11.4. The van der Waals surface area contributed by atoms with E-state index in [9.17, 15) is 8.42 Å². The van der Waals surface area contributed by atoms with Crippen LogP contribution in [0.2, 0.25) is 0 Å². The van der Waals surface area contributed by atoms with Gasteiger partial charge in [-0.25, -0.2) is 13.4 Å². The third-order valence-corrected chi connectivity index (χ3v) is 5.32. The minimum Gasteiger partial charge on any atom is -0.495 e. The Morgan fingerprint density at radius 3 is 2.31 bits per heavy atom. The highest BCUT2D eigenvalue weighted by Gasteiger charge is 2.18. The Bertz CT molecular complexity index is 1040. The molecule has 0 aliphatic heterocycles. The van der Waals surface area contributed by atoms with Gasteiger partial charge in [-0.2, -0.15) is 0 Å². The zero-order valence-electron chi connectivity index (χ0n) is 15.0. The fourth-order valence-corrected chi connectivity index (χ4v) is 3.76. The maximum Gasteiger partial charge on any atom is 0.262 e. The Balaban J connectivity index is 1.91. The van der Waals surface area contributed by atoms with Crippen molar-refractivity contribution in [3.63, 3.8) is 0 Å². The number of benzene rings is 2. The van der Waals surface area contributed by atoms with Crippen LogP contribution in [0.1, 0.15) is 17.2 Å². The van der Waals surface area contributed by atoms with Gasteiger partial charge in [0.05, 0.1) is 17.7 Å². The van der Waals surface area contributed by atoms with E-state index in [1.54, 1.807) is 43.3 Å². The third-order valence-electron chi connectivity index (χ3n) is 3.94. The fourth-order valence-electron chi connectivity index (χ4n) is 2.69. The van der Waals surface area contributed by atoms with Gasteiger partial charge in [-0.15, -0.1) is 0 Å². The average Bonchev–Trinajstić information content (AvgIpc) is 2.93. The second kappa shape index (κ2) is 6.84. The smallest absolute Gasteiger partial charge is 0.262 e. The number of ether oxygens (including phenoxy) is 1. The van der Waals surface area contributed by atoms with Gasteiger partial charge in [0.25, 0.3) is 10.0 Å². The Labute approximate surface area is 152 Å². The van der Waals surface area contributed by atoms with E-state index >= 15 is 0 Å². The SMILES string of the molecule is COc1ccc(C)cc1NS(=O)(=O)c1ccc(-c2nc(C)oc2C)cc1. The number of anilines is 1. The Morgan fingerprint density at radius 2 is 1.73 bits per heavy atom. The van der Waals surface area contributed by atoms with E-state index in [4.69, 9.17) is 9.15 Å². The second-order valence-electron chi connectivity index (χ2n) is 5.97. The van der Waals surface area contributed by atoms with Gasteiger partial charge < -0.3 is 9.15 Å². The average molecular weight is 372 g/mol. The largest absolute Gasteiger partial charge is 0.495 e. The molecule has 0 spiro atoms. The molecule has 3 rings (SSSR count). The number of sulfonamides is 1.